The van der Waals surface area contributed by atoms with Crippen LogP contribution in [0, 0.1) is 5.82 Å². The maximum Gasteiger partial charge on any atom is 0.269 e. The van der Waals surface area contributed by atoms with Gasteiger partial charge in [0.2, 0.25) is 5.88 Å². The maximum atomic E-state index is 12.9. The van der Waals surface area contributed by atoms with Crippen LogP contribution in [0.2, 0.25) is 0 Å². The average Bonchev–Trinajstić information content (AvgIpc) is 2.26. The highest BCUT2D eigenvalue weighted by atomic mass is 79.9. The molecule has 4 nitrogen and oxygen atoms in total. The Balaban J connectivity index is 2.34. The average molecular weight is 299 g/mol. The summed E-state index contributed by atoms with van der Waals surface area (Å²) in [7, 11) is 0. The monoisotopic (exact) mass is 298 g/mol. The fraction of sp³-hybridized carbons (Fsp3) is 0.0909. The highest BCUT2D eigenvalue weighted by molar-refractivity contribution is 9.10. The molecule has 0 fully saturated rings. The number of hydrogen-bond acceptors (Lipinski definition) is 3. The van der Waals surface area contributed by atoms with Crippen LogP contribution in [0.25, 0.3) is 0 Å². The molecule has 1 aromatic carbocycles. The molecule has 0 aliphatic rings. The zero-order valence-corrected chi connectivity index (χ0v) is 10.2. The van der Waals surface area contributed by atoms with E-state index in [1.54, 1.807) is 12.1 Å². The van der Waals surface area contributed by atoms with Crippen LogP contribution < -0.4 is 5.56 Å². The molecule has 2 aromatic rings. The molecule has 0 atom stereocenters. The molecule has 2 rings (SSSR count). The summed E-state index contributed by atoms with van der Waals surface area (Å²) in [4.78, 5) is 17.6. The van der Waals surface area contributed by atoms with Gasteiger partial charge in [-0.3, -0.25) is 4.79 Å². The summed E-state index contributed by atoms with van der Waals surface area (Å²) in [5, 5.41) is 9.36. The van der Waals surface area contributed by atoms with Gasteiger partial charge in [-0.15, -0.1) is 0 Å². The quantitative estimate of drug-likeness (QED) is 0.891. The molecule has 0 amide bonds. The number of halogens is 2. The lowest BCUT2D eigenvalue weighted by Crippen LogP contribution is -2.12. The third-order valence-electron chi connectivity index (χ3n) is 2.15. The van der Waals surface area contributed by atoms with Crippen LogP contribution in [0.1, 0.15) is 11.4 Å². The molecule has 6 heteroatoms. The predicted molar refractivity (Wildman–Crippen MR) is 63.4 cm³/mol. The number of nitrogens with zero attached hydrogens (tertiary/aromatic N) is 1. The Kier molecular flexibility index (Phi) is 3.23. The maximum absolute atomic E-state index is 12.9. The van der Waals surface area contributed by atoms with Crippen LogP contribution in [-0.2, 0) is 6.42 Å². The van der Waals surface area contributed by atoms with Gasteiger partial charge in [-0.25, -0.2) is 4.39 Å². The molecule has 2 N–H and O–H groups in total. The number of aromatic hydroxyl groups is 1. The summed E-state index contributed by atoms with van der Waals surface area (Å²) in [5.74, 6) is -0.451. The Hall–Kier alpha value is -1.69. The molecule has 88 valence electrons. The largest absolute Gasteiger partial charge is 0.492 e. The topological polar surface area (TPSA) is 66.0 Å². The van der Waals surface area contributed by atoms with Crippen molar-refractivity contribution in [3.8, 4) is 5.88 Å². The number of aromatic amines is 1. The van der Waals surface area contributed by atoms with Crippen LogP contribution in [0.3, 0.4) is 0 Å². The first-order chi connectivity index (χ1) is 8.06. The molecule has 0 bridgehead atoms. The first kappa shape index (κ1) is 11.8. The summed E-state index contributed by atoms with van der Waals surface area (Å²) in [6.45, 7) is 0. The molecule has 0 aliphatic carbocycles. The van der Waals surface area contributed by atoms with Crippen molar-refractivity contribution in [3.63, 3.8) is 0 Å². The van der Waals surface area contributed by atoms with Crippen molar-refractivity contribution >= 4 is 15.9 Å². The first-order valence-corrected chi connectivity index (χ1v) is 5.57. The van der Waals surface area contributed by atoms with E-state index in [-0.39, 0.29) is 28.4 Å². The Morgan fingerprint density at radius 3 is 2.88 bits per heavy atom. The fourth-order valence-electron chi connectivity index (χ4n) is 1.42. The lowest BCUT2D eigenvalue weighted by atomic mass is 10.1. The summed E-state index contributed by atoms with van der Waals surface area (Å²) in [5.41, 5.74) is 0.193. The van der Waals surface area contributed by atoms with Gasteiger partial charge in [0.05, 0.1) is 0 Å². The molecular weight excluding hydrogens is 291 g/mol. The Bertz CT molecular complexity index is 613. The second-order valence-electron chi connectivity index (χ2n) is 3.46. The van der Waals surface area contributed by atoms with Crippen LogP contribution in [0.5, 0.6) is 5.88 Å². The van der Waals surface area contributed by atoms with Crippen LogP contribution >= 0.6 is 15.9 Å². The highest BCUT2D eigenvalue weighted by Crippen LogP contribution is 2.16. The molecule has 0 aliphatic heterocycles. The summed E-state index contributed by atoms with van der Waals surface area (Å²) in [6.07, 6.45) is 0.244. The lowest BCUT2D eigenvalue weighted by Gasteiger charge is -2.02. The van der Waals surface area contributed by atoms with E-state index in [1.165, 1.54) is 12.1 Å². The van der Waals surface area contributed by atoms with Crippen molar-refractivity contribution in [2.75, 3.05) is 0 Å². The third kappa shape index (κ3) is 2.71. The van der Waals surface area contributed by atoms with Crippen molar-refractivity contribution in [1.82, 2.24) is 9.97 Å². The van der Waals surface area contributed by atoms with Gasteiger partial charge in [0.1, 0.15) is 16.1 Å². The fourth-order valence-corrected chi connectivity index (χ4v) is 1.60. The minimum Gasteiger partial charge on any atom is -0.492 e. The van der Waals surface area contributed by atoms with E-state index < -0.39 is 5.56 Å². The van der Waals surface area contributed by atoms with Crippen molar-refractivity contribution in [2.45, 2.75) is 6.42 Å². The van der Waals surface area contributed by atoms with Crippen LogP contribution in [-0.4, -0.2) is 15.1 Å². The van der Waals surface area contributed by atoms with E-state index in [1.807, 2.05) is 0 Å². The number of hydrogen-bond donors (Lipinski definition) is 2. The summed E-state index contributed by atoms with van der Waals surface area (Å²) in [6, 6.07) is 5.96. The molecule has 0 saturated heterocycles. The molecule has 0 radical (unpaired) electrons. The predicted octanol–water partition coefficient (Wildman–Crippen LogP) is 1.97. The highest BCUT2D eigenvalue weighted by Gasteiger charge is 2.08. The zero-order valence-electron chi connectivity index (χ0n) is 8.58. The lowest BCUT2D eigenvalue weighted by molar-refractivity contribution is 0.444. The van der Waals surface area contributed by atoms with Gasteiger partial charge < -0.3 is 10.1 Å². The second kappa shape index (κ2) is 4.67. The number of nitrogens with one attached hydrogen (secondary N) is 1. The van der Waals surface area contributed by atoms with Gasteiger partial charge in [-0.05, 0) is 33.6 Å². The SMILES string of the molecule is O=c1[nH]c(Cc2cccc(F)c2)nc(O)c1Br. The molecule has 1 aromatic heterocycles. The second-order valence-corrected chi connectivity index (χ2v) is 4.25. The third-order valence-corrected chi connectivity index (χ3v) is 2.87. The van der Waals surface area contributed by atoms with E-state index in [2.05, 4.69) is 25.9 Å². The number of aromatic nitrogens is 2. The first-order valence-electron chi connectivity index (χ1n) is 4.78. The summed E-state index contributed by atoms with van der Waals surface area (Å²) >= 11 is 2.89. The Morgan fingerprint density at radius 2 is 2.24 bits per heavy atom. The summed E-state index contributed by atoms with van der Waals surface area (Å²) < 4.78 is 12.9. The Morgan fingerprint density at radius 1 is 1.47 bits per heavy atom. The van der Waals surface area contributed by atoms with Crippen molar-refractivity contribution in [1.29, 1.82) is 0 Å². The van der Waals surface area contributed by atoms with E-state index in [9.17, 15) is 14.3 Å². The normalized spacial score (nSPS) is 10.5. The zero-order chi connectivity index (χ0) is 12.4. The molecule has 17 heavy (non-hydrogen) atoms. The van der Waals surface area contributed by atoms with Crippen molar-refractivity contribution < 1.29 is 9.50 Å². The van der Waals surface area contributed by atoms with Gasteiger partial charge in [0.15, 0.2) is 0 Å². The number of H-pyrrole nitrogens is 1. The Labute approximate surface area is 104 Å². The molecule has 1 heterocycles. The molecular formula is C11H8BrFN2O2. The number of rotatable bonds is 2. The smallest absolute Gasteiger partial charge is 0.269 e. The molecule has 0 spiro atoms. The number of benzene rings is 1. The van der Waals surface area contributed by atoms with Gasteiger partial charge in [-0.1, -0.05) is 12.1 Å². The van der Waals surface area contributed by atoms with Gasteiger partial charge in [-0.2, -0.15) is 4.98 Å². The van der Waals surface area contributed by atoms with E-state index in [0.29, 0.717) is 5.56 Å². The standard InChI is InChI=1S/C11H8BrFN2O2/c12-9-10(16)14-8(15-11(9)17)5-6-2-1-3-7(13)4-6/h1-4H,5H2,(H2,14,15,16,17). The minimum absolute atomic E-state index is 0.0134. The van der Waals surface area contributed by atoms with Gasteiger partial charge in [0.25, 0.3) is 5.56 Å². The van der Waals surface area contributed by atoms with Crippen LogP contribution in [0.15, 0.2) is 33.5 Å². The van der Waals surface area contributed by atoms with Crippen molar-refractivity contribution in [3.05, 3.63) is 56.3 Å². The molecule has 0 unspecified atom stereocenters. The van der Waals surface area contributed by atoms with Crippen molar-refractivity contribution in [2.24, 2.45) is 0 Å². The van der Waals surface area contributed by atoms with E-state index in [4.69, 9.17) is 0 Å². The van der Waals surface area contributed by atoms with Gasteiger partial charge in [0, 0.05) is 6.42 Å². The molecule has 0 saturated carbocycles. The van der Waals surface area contributed by atoms with E-state index in [0.717, 1.165) is 0 Å². The minimum atomic E-state index is -0.469. The van der Waals surface area contributed by atoms with E-state index >= 15 is 0 Å². The van der Waals surface area contributed by atoms with Crippen LogP contribution in [0.4, 0.5) is 4.39 Å². The van der Waals surface area contributed by atoms with Gasteiger partial charge >= 0.3 is 0 Å².